The Morgan fingerprint density at radius 3 is 2.50 bits per heavy atom. The van der Waals surface area contributed by atoms with E-state index in [0.717, 1.165) is 5.56 Å². The zero-order valence-electron chi connectivity index (χ0n) is 10.2. The van der Waals surface area contributed by atoms with Crippen molar-refractivity contribution in [3.8, 4) is 0 Å². The van der Waals surface area contributed by atoms with E-state index in [1.807, 2.05) is 26.0 Å². The molecular formula is C13H19NO2. The Labute approximate surface area is 96.5 Å². The van der Waals surface area contributed by atoms with Crippen molar-refractivity contribution in [2.75, 3.05) is 0 Å². The van der Waals surface area contributed by atoms with Gasteiger partial charge in [0, 0.05) is 0 Å². The Morgan fingerprint density at radius 2 is 2.00 bits per heavy atom. The molecule has 0 unspecified atom stereocenters. The fourth-order valence-corrected chi connectivity index (χ4v) is 1.63. The third kappa shape index (κ3) is 2.99. The van der Waals surface area contributed by atoms with Gasteiger partial charge in [0.2, 0.25) is 0 Å². The molecule has 1 rings (SSSR count). The minimum absolute atomic E-state index is 0.445. The Bertz CT molecular complexity index is 383. The van der Waals surface area contributed by atoms with Crippen LogP contribution in [0, 0.1) is 0 Å². The second-order valence-electron chi connectivity index (χ2n) is 4.84. The van der Waals surface area contributed by atoms with Crippen LogP contribution in [0.4, 0.5) is 4.79 Å². The molecule has 2 N–H and O–H groups in total. The fourth-order valence-electron chi connectivity index (χ4n) is 1.63. The summed E-state index contributed by atoms with van der Waals surface area (Å²) in [4.78, 5) is 10.7. The number of amides is 1. The quantitative estimate of drug-likeness (QED) is 0.822. The van der Waals surface area contributed by atoms with Gasteiger partial charge in [0.25, 0.3) is 0 Å². The van der Waals surface area contributed by atoms with E-state index in [1.54, 1.807) is 0 Å². The molecule has 88 valence electrons. The molecule has 1 aromatic rings. The lowest BCUT2D eigenvalue weighted by atomic mass is 9.90. The molecular weight excluding hydrogens is 202 g/mol. The molecule has 0 saturated heterocycles. The first kappa shape index (κ1) is 12.6. The van der Waals surface area contributed by atoms with E-state index in [1.165, 1.54) is 5.56 Å². The van der Waals surface area contributed by atoms with Crippen LogP contribution in [0.3, 0.4) is 0 Å². The van der Waals surface area contributed by atoms with E-state index in [-0.39, 0.29) is 0 Å². The maximum absolute atomic E-state index is 10.7. The molecule has 0 bridgehead atoms. The van der Waals surface area contributed by atoms with Crippen LogP contribution in [0.1, 0.15) is 44.7 Å². The highest BCUT2D eigenvalue weighted by Gasteiger charge is 2.22. The lowest BCUT2D eigenvalue weighted by Gasteiger charge is -2.26. The molecule has 0 radical (unpaired) electrons. The third-order valence-corrected chi connectivity index (χ3v) is 2.69. The highest BCUT2D eigenvalue weighted by atomic mass is 16.4. The van der Waals surface area contributed by atoms with Crippen molar-refractivity contribution in [3.63, 3.8) is 0 Å². The van der Waals surface area contributed by atoms with Crippen LogP contribution in [-0.4, -0.2) is 11.2 Å². The van der Waals surface area contributed by atoms with E-state index in [0.29, 0.717) is 5.92 Å². The number of carboxylic acid groups (broad SMARTS) is 1. The summed E-state index contributed by atoms with van der Waals surface area (Å²) in [6, 6.07) is 8.03. The maximum Gasteiger partial charge on any atom is 0.405 e. The Kier molecular flexibility index (Phi) is 3.58. The lowest BCUT2D eigenvalue weighted by molar-refractivity contribution is 0.182. The number of rotatable bonds is 3. The normalized spacial score (nSPS) is 11.6. The van der Waals surface area contributed by atoms with E-state index in [2.05, 4.69) is 31.3 Å². The van der Waals surface area contributed by atoms with Gasteiger partial charge in [0.1, 0.15) is 0 Å². The standard InChI is InChI=1S/C13H19NO2/c1-9(2)10-6-5-7-11(8-10)13(3,4)14-12(15)16/h5-9,14H,1-4H3,(H,15,16). The third-order valence-electron chi connectivity index (χ3n) is 2.69. The van der Waals surface area contributed by atoms with Crippen molar-refractivity contribution in [2.24, 2.45) is 0 Å². The van der Waals surface area contributed by atoms with Gasteiger partial charge in [-0.15, -0.1) is 0 Å². The molecule has 3 nitrogen and oxygen atoms in total. The lowest BCUT2D eigenvalue weighted by Crippen LogP contribution is -2.40. The first-order valence-corrected chi connectivity index (χ1v) is 5.44. The summed E-state index contributed by atoms with van der Waals surface area (Å²) >= 11 is 0. The minimum Gasteiger partial charge on any atom is -0.465 e. The molecule has 0 aliphatic rings. The molecule has 16 heavy (non-hydrogen) atoms. The van der Waals surface area contributed by atoms with Crippen LogP contribution in [0.25, 0.3) is 0 Å². The van der Waals surface area contributed by atoms with Gasteiger partial charge in [0.15, 0.2) is 0 Å². The number of hydrogen-bond donors (Lipinski definition) is 2. The van der Waals surface area contributed by atoms with Crippen LogP contribution in [0.2, 0.25) is 0 Å². The smallest absolute Gasteiger partial charge is 0.405 e. The van der Waals surface area contributed by atoms with Crippen molar-refractivity contribution in [1.82, 2.24) is 5.32 Å². The Hall–Kier alpha value is -1.51. The summed E-state index contributed by atoms with van der Waals surface area (Å²) in [6.07, 6.45) is -1.00. The first-order valence-electron chi connectivity index (χ1n) is 5.44. The topological polar surface area (TPSA) is 49.3 Å². The van der Waals surface area contributed by atoms with Gasteiger partial charge >= 0.3 is 6.09 Å². The fraction of sp³-hybridized carbons (Fsp3) is 0.462. The summed E-state index contributed by atoms with van der Waals surface area (Å²) in [5.41, 5.74) is 1.65. The van der Waals surface area contributed by atoms with Crippen molar-refractivity contribution in [1.29, 1.82) is 0 Å². The highest BCUT2D eigenvalue weighted by molar-refractivity contribution is 5.66. The van der Waals surface area contributed by atoms with Gasteiger partial charge in [-0.2, -0.15) is 0 Å². The number of nitrogens with one attached hydrogen (secondary N) is 1. The molecule has 0 aromatic heterocycles. The Morgan fingerprint density at radius 1 is 1.38 bits per heavy atom. The first-order chi connectivity index (χ1) is 7.33. The van der Waals surface area contributed by atoms with E-state index >= 15 is 0 Å². The minimum atomic E-state index is -1.00. The second-order valence-corrected chi connectivity index (χ2v) is 4.84. The van der Waals surface area contributed by atoms with Crippen molar-refractivity contribution >= 4 is 6.09 Å². The molecule has 1 aromatic carbocycles. The van der Waals surface area contributed by atoms with Crippen molar-refractivity contribution in [2.45, 2.75) is 39.2 Å². The van der Waals surface area contributed by atoms with Crippen molar-refractivity contribution in [3.05, 3.63) is 35.4 Å². The second kappa shape index (κ2) is 4.56. The molecule has 0 aliphatic carbocycles. The summed E-state index contributed by atoms with van der Waals surface area (Å²) in [5, 5.41) is 11.3. The molecule has 0 fully saturated rings. The van der Waals surface area contributed by atoms with Crippen LogP contribution in [-0.2, 0) is 5.54 Å². The zero-order valence-corrected chi connectivity index (χ0v) is 10.2. The largest absolute Gasteiger partial charge is 0.465 e. The van der Waals surface area contributed by atoms with E-state index in [9.17, 15) is 4.79 Å². The predicted molar refractivity (Wildman–Crippen MR) is 64.7 cm³/mol. The van der Waals surface area contributed by atoms with Gasteiger partial charge in [-0.25, -0.2) is 4.79 Å². The zero-order chi connectivity index (χ0) is 12.3. The molecule has 3 heteroatoms. The van der Waals surface area contributed by atoms with Gasteiger partial charge in [-0.1, -0.05) is 38.1 Å². The monoisotopic (exact) mass is 221 g/mol. The summed E-state index contributed by atoms with van der Waals surface area (Å²) < 4.78 is 0. The molecule has 0 spiro atoms. The van der Waals surface area contributed by atoms with Crippen molar-refractivity contribution < 1.29 is 9.90 Å². The molecule has 1 amide bonds. The van der Waals surface area contributed by atoms with Gasteiger partial charge in [-0.3, -0.25) is 0 Å². The SMILES string of the molecule is CC(C)c1cccc(C(C)(C)NC(=O)O)c1. The molecule has 0 atom stereocenters. The van der Waals surface area contributed by atoms with Crippen LogP contribution in [0.15, 0.2) is 24.3 Å². The summed E-state index contributed by atoms with van der Waals surface area (Å²) in [5.74, 6) is 0.445. The number of carbonyl (C=O) groups is 1. The van der Waals surface area contributed by atoms with E-state index in [4.69, 9.17) is 5.11 Å². The maximum atomic E-state index is 10.7. The highest BCUT2D eigenvalue weighted by Crippen LogP contribution is 2.24. The van der Waals surface area contributed by atoms with Gasteiger partial charge < -0.3 is 10.4 Å². The molecule has 0 heterocycles. The van der Waals surface area contributed by atoms with Gasteiger partial charge in [0.05, 0.1) is 5.54 Å². The van der Waals surface area contributed by atoms with Crippen LogP contribution >= 0.6 is 0 Å². The van der Waals surface area contributed by atoms with Gasteiger partial charge in [-0.05, 0) is 30.9 Å². The predicted octanol–water partition coefficient (Wildman–Crippen LogP) is 3.31. The van der Waals surface area contributed by atoms with Crippen LogP contribution in [0.5, 0.6) is 0 Å². The number of benzene rings is 1. The summed E-state index contributed by atoms with van der Waals surface area (Å²) in [6.45, 7) is 7.97. The Balaban J connectivity index is 3.03. The number of hydrogen-bond acceptors (Lipinski definition) is 1. The average Bonchev–Trinajstić information content (AvgIpc) is 2.16. The molecule has 0 aliphatic heterocycles. The molecule has 0 saturated carbocycles. The average molecular weight is 221 g/mol. The van der Waals surface area contributed by atoms with E-state index < -0.39 is 11.6 Å². The summed E-state index contributed by atoms with van der Waals surface area (Å²) in [7, 11) is 0. The van der Waals surface area contributed by atoms with Crippen LogP contribution < -0.4 is 5.32 Å².